The molecule has 2 aromatic carbocycles. The molecule has 64 heavy (non-hydrogen) atoms. The zero-order valence-electron chi connectivity index (χ0n) is 45.2. The Hall–Kier alpha value is -0.860. The molecule has 0 heterocycles. The molecule has 6 saturated carbocycles. The fourth-order valence-corrected chi connectivity index (χ4v) is 22.2. The van der Waals surface area contributed by atoms with Crippen LogP contribution in [0.2, 0.25) is 24.2 Å². The molecule has 12 atom stereocenters. The van der Waals surface area contributed by atoms with E-state index in [4.69, 9.17) is 0 Å². The van der Waals surface area contributed by atoms with E-state index in [1.54, 1.807) is 89.9 Å². The summed E-state index contributed by atoms with van der Waals surface area (Å²) >= 11 is 0. The second kappa shape index (κ2) is 21.8. The molecule has 2 aromatic rings. The van der Waals surface area contributed by atoms with E-state index in [1.165, 1.54) is 22.3 Å². The van der Waals surface area contributed by atoms with Gasteiger partial charge in [-0.3, -0.25) is 0 Å². The summed E-state index contributed by atoms with van der Waals surface area (Å²) in [6.45, 7) is 37.2. The van der Waals surface area contributed by atoms with Gasteiger partial charge in [-0.15, -0.1) is 0 Å². The topological polar surface area (TPSA) is 40.5 Å². The standard InChI is InChI=1S/C30H52Si.2C14H22O.2CH3.Zr/c1-19-17-27-23-11-7-5-9-21(23)13-15-25(27)29(19)31(3,4)30-20(2)18-28-24-12-8-6-10-22(24)14-16-26(28)30;2*1-13(2,3)10-7-11(14(4,5)6)9-12(15)8-10;;;/h19-30H,5-18H2,1-4H3;2*7-9,15H,1-6H3;2*1H3;/q;;;2*-1;+2. The van der Waals surface area contributed by atoms with Gasteiger partial charge in [-0.05, 0) is 190 Å². The number of phenolic OH excluding ortho intramolecular Hbond substituents is 2. The van der Waals surface area contributed by atoms with E-state index in [0.717, 1.165) is 70.3 Å². The second-order valence-corrected chi connectivity index (χ2v) is 32.0. The Morgan fingerprint density at radius 2 is 0.688 bits per heavy atom. The van der Waals surface area contributed by atoms with Crippen LogP contribution in [-0.2, 0) is 47.9 Å². The van der Waals surface area contributed by atoms with Crippen LogP contribution in [-0.4, -0.2) is 18.3 Å². The Morgan fingerprint density at radius 1 is 0.406 bits per heavy atom. The minimum Gasteiger partial charge on any atom is -0.508 e. The van der Waals surface area contributed by atoms with Crippen LogP contribution in [0.5, 0.6) is 11.5 Å². The molecule has 0 bridgehead atoms. The van der Waals surface area contributed by atoms with Crippen LogP contribution in [0.25, 0.3) is 0 Å². The summed E-state index contributed by atoms with van der Waals surface area (Å²) in [5, 5.41) is 19.4. The van der Waals surface area contributed by atoms with Gasteiger partial charge in [0.2, 0.25) is 0 Å². The third-order valence-electron chi connectivity index (χ3n) is 18.3. The number of aromatic hydroxyl groups is 2. The Bertz CT molecular complexity index is 1580. The number of benzene rings is 2. The molecule has 6 aliphatic rings. The van der Waals surface area contributed by atoms with E-state index in [-0.39, 0.29) is 62.7 Å². The van der Waals surface area contributed by atoms with Crippen molar-refractivity contribution in [1.82, 2.24) is 0 Å². The van der Waals surface area contributed by atoms with Gasteiger partial charge < -0.3 is 25.1 Å². The molecule has 0 spiro atoms. The van der Waals surface area contributed by atoms with E-state index < -0.39 is 8.07 Å². The van der Waals surface area contributed by atoms with Crippen LogP contribution < -0.4 is 0 Å². The van der Waals surface area contributed by atoms with Crippen molar-refractivity contribution in [3.05, 3.63) is 73.5 Å². The zero-order valence-corrected chi connectivity index (χ0v) is 48.6. The molecule has 12 unspecified atom stereocenters. The fraction of sp³-hybridized carbons (Fsp3) is 0.767. The number of fused-ring (bicyclic) bond motifs is 6. The van der Waals surface area contributed by atoms with Gasteiger partial charge in [-0.1, -0.05) is 161 Å². The quantitative estimate of drug-likeness (QED) is 0.233. The molecule has 0 amide bonds. The van der Waals surface area contributed by atoms with Crippen molar-refractivity contribution < 1.29 is 36.4 Å². The maximum Gasteiger partial charge on any atom is 2.00 e. The number of rotatable bonds is 2. The zero-order chi connectivity index (χ0) is 45.0. The molecule has 0 radical (unpaired) electrons. The summed E-state index contributed by atoms with van der Waals surface area (Å²) in [5.74, 6) is 11.9. The maximum atomic E-state index is 9.72. The summed E-state index contributed by atoms with van der Waals surface area (Å²) < 4.78 is 0. The van der Waals surface area contributed by atoms with E-state index >= 15 is 0 Å². The Labute approximate surface area is 418 Å². The first-order chi connectivity index (χ1) is 28.2. The molecule has 0 saturated heterocycles. The van der Waals surface area contributed by atoms with E-state index in [0.29, 0.717) is 11.5 Å². The van der Waals surface area contributed by atoms with E-state index in [2.05, 4.69) is 122 Å². The van der Waals surface area contributed by atoms with Crippen LogP contribution in [0, 0.1) is 74.0 Å². The SMILES string of the molecule is CC(C)(C)c1cc(O)cc(C(C)(C)C)c1.CC(C)(C)c1cc(O)cc(C(C)(C)C)c1.CC1CC2C3CCCCC3CCC2C1[Si](C)(C)C1C(C)CC2C3CCCCC3CCC21.[CH3-].[CH3-].[Zr+2]. The van der Waals surface area contributed by atoms with Gasteiger partial charge in [0.25, 0.3) is 0 Å². The summed E-state index contributed by atoms with van der Waals surface area (Å²) in [4.78, 5) is 0. The van der Waals surface area contributed by atoms with Crippen molar-refractivity contribution in [1.29, 1.82) is 0 Å². The van der Waals surface area contributed by atoms with Crippen molar-refractivity contribution in [2.24, 2.45) is 59.2 Å². The number of hydrogen-bond donors (Lipinski definition) is 2. The van der Waals surface area contributed by atoms with Crippen molar-refractivity contribution in [3.63, 3.8) is 0 Å². The average Bonchev–Trinajstić information content (AvgIpc) is 3.70. The van der Waals surface area contributed by atoms with Crippen molar-refractivity contribution in [2.75, 3.05) is 0 Å². The van der Waals surface area contributed by atoms with Crippen molar-refractivity contribution in [3.8, 4) is 11.5 Å². The largest absolute Gasteiger partial charge is 2.00 e. The molecule has 6 fully saturated rings. The van der Waals surface area contributed by atoms with Crippen LogP contribution in [0.4, 0.5) is 0 Å². The Morgan fingerprint density at radius 3 is 0.969 bits per heavy atom. The average molecular weight is 975 g/mol. The number of hydrogen-bond acceptors (Lipinski definition) is 2. The molecule has 2 N–H and O–H groups in total. The molecule has 362 valence electrons. The molecule has 4 heteroatoms. The van der Waals surface area contributed by atoms with Gasteiger partial charge in [0.05, 0.1) is 8.07 Å². The molecule has 6 aliphatic carbocycles. The molecule has 2 nitrogen and oxygen atoms in total. The summed E-state index contributed by atoms with van der Waals surface area (Å²) in [7, 11) is -1.29. The Kier molecular flexibility index (Phi) is 19.6. The van der Waals surface area contributed by atoms with Gasteiger partial charge in [0.1, 0.15) is 11.5 Å². The van der Waals surface area contributed by atoms with E-state index in [1.807, 2.05) is 24.3 Å². The minimum absolute atomic E-state index is 0. The van der Waals surface area contributed by atoms with Gasteiger partial charge in [0.15, 0.2) is 0 Å². The predicted octanol–water partition coefficient (Wildman–Crippen LogP) is 18.1. The minimum atomic E-state index is -1.29. The molecular weight excluding hydrogens is 872 g/mol. The summed E-state index contributed by atoms with van der Waals surface area (Å²) in [6.07, 6.45) is 22.2. The van der Waals surface area contributed by atoms with Gasteiger partial charge in [-0.25, -0.2) is 0 Å². The van der Waals surface area contributed by atoms with E-state index in [9.17, 15) is 10.2 Å². The Balaban J connectivity index is 0.000000281. The third kappa shape index (κ3) is 12.9. The van der Waals surface area contributed by atoms with Gasteiger partial charge in [0, 0.05) is 0 Å². The van der Waals surface area contributed by atoms with Crippen molar-refractivity contribution >= 4 is 8.07 Å². The van der Waals surface area contributed by atoms with Crippen LogP contribution in [0.3, 0.4) is 0 Å². The maximum absolute atomic E-state index is 9.72. The predicted molar refractivity (Wildman–Crippen MR) is 280 cm³/mol. The number of phenols is 2. The molecular formula is C60H102O2SiZr. The third-order valence-corrected chi connectivity index (χ3v) is 23.8. The second-order valence-electron chi connectivity index (χ2n) is 27.1. The van der Waals surface area contributed by atoms with Gasteiger partial charge in [-0.2, -0.15) is 0 Å². The smallest absolute Gasteiger partial charge is 0.508 e. The molecule has 8 rings (SSSR count). The first kappa shape index (κ1) is 57.5. The fourth-order valence-electron chi connectivity index (χ4n) is 15.5. The molecule has 0 aromatic heterocycles. The first-order valence-corrected chi connectivity index (χ1v) is 29.0. The first-order valence-electron chi connectivity index (χ1n) is 25.9. The molecule has 0 aliphatic heterocycles. The van der Waals surface area contributed by atoms with Gasteiger partial charge >= 0.3 is 26.2 Å². The van der Waals surface area contributed by atoms with Crippen LogP contribution in [0.1, 0.15) is 209 Å². The summed E-state index contributed by atoms with van der Waals surface area (Å²) in [6, 6.07) is 11.8. The normalized spacial score (nSPS) is 32.5. The van der Waals surface area contributed by atoms with Crippen LogP contribution >= 0.6 is 0 Å². The van der Waals surface area contributed by atoms with Crippen LogP contribution in [0.15, 0.2) is 36.4 Å². The van der Waals surface area contributed by atoms with Crippen molar-refractivity contribution in [2.45, 2.75) is 233 Å². The summed E-state index contributed by atoms with van der Waals surface area (Å²) in [5.41, 5.74) is 7.38. The monoisotopic (exact) mass is 973 g/mol.